The molecule has 4 saturated carbocycles. The molecule has 11 atom stereocenters. The van der Waals surface area contributed by atoms with Crippen molar-refractivity contribution >= 4 is 0 Å². The Hall–Kier alpha value is -0.160. The van der Waals surface area contributed by atoms with Gasteiger partial charge >= 0.3 is 0 Å². The summed E-state index contributed by atoms with van der Waals surface area (Å²) in [4.78, 5) is 0. The topological polar surface area (TPSA) is 58.9 Å². The molecule has 1 heterocycles. The number of rotatable bonds is 3. The Morgan fingerprint density at radius 2 is 1.87 bits per heavy atom. The van der Waals surface area contributed by atoms with Crippen molar-refractivity contribution in [3.8, 4) is 0 Å². The Balaban J connectivity index is 1.34. The predicted octanol–water partition coefficient (Wildman–Crippen LogP) is 4.77. The molecule has 0 aromatic heterocycles. The molecular weight excluding hydrogens is 376 g/mol. The van der Waals surface area contributed by atoms with Gasteiger partial charge < -0.3 is 19.7 Å². The van der Waals surface area contributed by atoms with Gasteiger partial charge in [-0.1, -0.05) is 20.8 Å². The van der Waals surface area contributed by atoms with E-state index in [2.05, 4.69) is 20.8 Å². The smallest absolute Gasteiger partial charge is 0.157 e. The van der Waals surface area contributed by atoms with Crippen LogP contribution in [0.25, 0.3) is 0 Å². The van der Waals surface area contributed by atoms with Crippen LogP contribution in [0.1, 0.15) is 85.0 Å². The minimum Gasteiger partial charge on any atom is -0.396 e. The second-order valence-corrected chi connectivity index (χ2v) is 12.1. The van der Waals surface area contributed by atoms with Crippen LogP contribution in [0.2, 0.25) is 0 Å². The maximum Gasteiger partial charge on any atom is 0.157 e. The third kappa shape index (κ3) is 3.23. The molecular formula is C26H44O4. The molecule has 5 aliphatic rings. The van der Waals surface area contributed by atoms with Crippen LogP contribution in [0.4, 0.5) is 0 Å². The summed E-state index contributed by atoms with van der Waals surface area (Å²) in [5, 5.41) is 21.0. The van der Waals surface area contributed by atoms with Crippen LogP contribution < -0.4 is 0 Å². The number of hydrogen-bond acceptors (Lipinski definition) is 4. The molecule has 5 fully saturated rings. The molecule has 30 heavy (non-hydrogen) atoms. The lowest BCUT2D eigenvalue weighted by Gasteiger charge is -2.63. The quantitative estimate of drug-likeness (QED) is 0.646. The minimum atomic E-state index is -0.233. The monoisotopic (exact) mass is 420 g/mol. The Morgan fingerprint density at radius 1 is 1.03 bits per heavy atom. The minimum absolute atomic E-state index is 0.0135. The van der Waals surface area contributed by atoms with Gasteiger partial charge in [0.05, 0.1) is 12.2 Å². The van der Waals surface area contributed by atoms with Crippen LogP contribution in [-0.4, -0.2) is 41.9 Å². The van der Waals surface area contributed by atoms with Crippen molar-refractivity contribution in [2.24, 2.45) is 46.3 Å². The summed E-state index contributed by atoms with van der Waals surface area (Å²) in [6.45, 7) is 8.49. The molecule has 2 N–H and O–H groups in total. The van der Waals surface area contributed by atoms with Crippen LogP contribution in [0.3, 0.4) is 0 Å². The number of fused-ring (bicyclic) bond motifs is 5. The zero-order valence-electron chi connectivity index (χ0n) is 19.4. The molecule has 0 bridgehead atoms. The van der Waals surface area contributed by atoms with Crippen LogP contribution in [0, 0.1) is 46.3 Å². The zero-order valence-corrected chi connectivity index (χ0v) is 19.4. The van der Waals surface area contributed by atoms with Gasteiger partial charge in [0.25, 0.3) is 0 Å². The summed E-state index contributed by atoms with van der Waals surface area (Å²) in [7, 11) is 0. The predicted molar refractivity (Wildman–Crippen MR) is 117 cm³/mol. The van der Waals surface area contributed by atoms with Crippen LogP contribution in [0.5, 0.6) is 0 Å². The highest BCUT2D eigenvalue weighted by Crippen LogP contribution is 2.68. The Bertz CT molecular complexity index is 618. The highest BCUT2D eigenvalue weighted by molar-refractivity contribution is 5.12. The van der Waals surface area contributed by atoms with Gasteiger partial charge in [-0.25, -0.2) is 0 Å². The van der Waals surface area contributed by atoms with E-state index in [1.165, 1.54) is 38.5 Å². The van der Waals surface area contributed by atoms with E-state index in [1.54, 1.807) is 0 Å². The lowest BCUT2D eigenvalue weighted by atomic mass is 9.42. The van der Waals surface area contributed by atoms with E-state index in [0.29, 0.717) is 29.3 Å². The lowest BCUT2D eigenvalue weighted by molar-refractivity contribution is -0.223. The van der Waals surface area contributed by atoms with E-state index >= 15 is 0 Å². The van der Waals surface area contributed by atoms with Gasteiger partial charge in [-0.2, -0.15) is 0 Å². The molecule has 1 saturated heterocycles. The third-order valence-electron chi connectivity index (χ3n) is 11.0. The molecule has 0 aromatic rings. The Kier molecular flexibility index (Phi) is 5.78. The molecule has 4 aliphatic carbocycles. The largest absolute Gasteiger partial charge is 0.396 e. The molecule has 172 valence electrons. The van der Waals surface area contributed by atoms with Crippen LogP contribution in [0.15, 0.2) is 0 Å². The molecule has 4 nitrogen and oxygen atoms in total. The van der Waals surface area contributed by atoms with E-state index < -0.39 is 0 Å². The van der Waals surface area contributed by atoms with Gasteiger partial charge in [0.15, 0.2) is 6.29 Å². The SMILES string of the molecule is C[C@H]1C[C@@H](OC2CCCCO2)CC2CC[C@H]3[C@@H]4[C@@H](CO)C[C@H](O)[C@@]4(C)CC[C@@H]3[C@]21C. The zero-order chi connectivity index (χ0) is 21.1. The van der Waals surface area contributed by atoms with Crippen molar-refractivity contribution in [2.75, 3.05) is 13.2 Å². The van der Waals surface area contributed by atoms with Gasteiger partial charge in [0.1, 0.15) is 0 Å². The summed E-state index contributed by atoms with van der Waals surface area (Å²) >= 11 is 0. The maximum absolute atomic E-state index is 10.9. The first-order valence-corrected chi connectivity index (χ1v) is 12.9. The first-order chi connectivity index (χ1) is 14.4. The molecule has 0 spiro atoms. The average molecular weight is 421 g/mol. The molecule has 0 aromatic carbocycles. The van der Waals surface area contributed by atoms with Crippen LogP contribution >= 0.6 is 0 Å². The summed E-state index contributed by atoms with van der Waals surface area (Å²) in [5.74, 6) is 3.57. The molecule has 0 radical (unpaired) electrons. The van der Waals surface area contributed by atoms with Crippen molar-refractivity contribution in [1.29, 1.82) is 0 Å². The molecule has 0 amide bonds. The summed E-state index contributed by atoms with van der Waals surface area (Å²) in [5.41, 5.74) is 0.380. The third-order valence-corrected chi connectivity index (χ3v) is 11.0. The average Bonchev–Trinajstić information content (AvgIpc) is 3.00. The molecule has 2 unspecified atom stereocenters. The highest BCUT2D eigenvalue weighted by atomic mass is 16.7. The van der Waals surface area contributed by atoms with Crippen molar-refractivity contribution in [2.45, 2.75) is 103 Å². The van der Waals surface area contributed by atoms with Gasteiger partial charge in [-0.05, 0) is 111 Å². The van der Waals surface area contributed by atoms with Crippen molar-refractivity contribution in [3.05, 3.63) is 0 Å². The number of aliphatic hydroxyl groups is 2. The number of ether oxygens (including phenoxy) is 2. The normalized spacial score (nSPS) is 56.1. The standard InChI is InChI=1S/C26H44O4/c1-16-12-19(30-23-6-4-5-11-29-23)14-18-7-8-20-21(26(16,18)3)9-10-25(2)22(28)13-17(15-27)24(20)25/h16-24,27-28H,4-15H2,1-3H3/t16-,17+,18?,19+,20+,21-,22-,23?,24-,25+,26-/m0/s1. The van der Waals surface area contributed by atoms with Gasteiger partial charge in [0.2, 0.25) is 0 Å². The summed E-state index contributed by atoms with van der Waals surface area (Å²) < 4.78 is 12.4. The van der Waals surface area contributed by atoms with Gasteiger partial charge in [0, 0.05) is 13.2 Å². The van der Waals surface area contributed by atoms with E-state index in [1.807, 2.05) is 0 Å². The van der Waals surface area contributed by atoms with Gasteiger partial charge in [-0.15, -0.1) is 0 Å². The second-order valence-electron chi connectivity index (χ2n) is 12.1. The lowest BCUT2D eigenvalue weighted by Crippen LogP contribution is -2.58. The van der Waals surface area contributed by atoms with Crippen molar-refractivity contribution < 1.29 is 19.7 Å². The fourth-order valence-corrected chi connectivity index (χ4v) is 9.26. The number of aliphatic hydroxyl groups excluding tert-OH is 2. The van der Waals surface area contributed by atoms with Crippen LogP contribution in [-0.2, 0) is 9.47 Å². The van der Waals surface area contributed by atoms with Gasteiger partial charge in [-0.3, -0.25) is 0 Å². The maximum atomic E-state index is 10.9. The summed E-state index contributed by atoms with van der Waals surface area (Å²) in [6, 6.07) is 0. The molecule has 4 heteroatoms. The van der Waals surface area contributed by atoms with E-state index in [9.17, 15) is 10.2 Å². The van der Waals surface area contributed by atoms with E-state index in [4.69, 9.17) is 9.47 Å². The Morgan fingerprint density at radius 3 is 2.60 bits per heavy atom. The van der Waals surface area contributed by atoms with Crippen molar-refractivity contribution in [1.82, 2.24) is 0 Å². The van der Waals surface area contributed by atoms with E-state index in [-0.39, 0.29) is 30.3 Å². The molecule has 1 aliphatic heterocycles. The van der Waals surface area contributed by atoms with Crippen molar-refractivity contribution in [3.63, 3.8) is 0 Å². The second kappa shape index (κ2) is 8.01. The summed E-state index contributed by atoms with van der Waals surface area (Å²) in [6.07, 6.45) is 11.7. The van der Waals surface area contributed by atoms with E-state index in [0.717, 1.165) is 44.1 Å². The first-order valence-electron chi connectivity index (χ1n) is 12.9. The molecule has 5 rings (SSSR count). The fraction of sp³-hybridized carbons (Fsp3) is 1.00. The fourth-order valence-electron chi connectivity index (χ4n) is 9.26. The Labute approximate surface area is 183 Å². The number of hydrogen-bond donors (Lipinski definition) is 2. The first kappa shape index (κ1) is 21.7. The highest BCUT2D eigenvalue weighted by Gasteiger charge is 2.63.